The number of carbonyl (C=O) groups is 3. The third kappa shape index (κ3) is 2.72. The number of hydrogen-bond donors (Lipinski definition) is 1. The zero-order valence-electron chi connectivity index (χ0n) is 14.9. The van der Waals surface area contributed by atoms with Crippen molar-refractivity contribution in [3.8, 4) is 0 Å². The number of ether oxygens (including phenoxy) is 1. The number of nitrogens with zero attached hydrogens (tertiary/aromatic N) is 1. The van der Waals surface area contributed by atoms with Gasteiger partial charge in [0.1, 0.15) is 23.7 Å². The summed E-state index contributed by atoms with van der Waals surface area (Å²) in [5, 5.41) is 1.75. The third-order valence-electron chi connectivity index (χ3n) is 5.51. The first kappa shape index (κ1) is 18.8. The number of imide groups is 1. The fourth-order valence-corrected chi connectivity index (χ4v) is 4.82. The fraction of sp³-hybridized carbons (Fsp3) is 0.500. The Morgan fingerprint density at radius 3 is 2.73 bits per heavy atom. The molecule has 1 aromatic carbocycles. The molecule has 6 nitrogen and oxygen atoms in total. The number of quaternary nitrogens is 1. The van der Waals surface area contributed by atoms with E-state index in [1.165, 1.54) is 26.3 Å². The molecule has 2 heterocycles. The summed E-state index contributed by atoms with van der Waals surface area (Å²) in [6.45, 7) is 0. The van der Waals surface area contributed by atoms with Crippen molar-refractivity contribution >= 4 is 29.5 Å². The van der Waals surface area contributed by atoms with Gasteiger partial charge in [-0.3, -0.25) is 14.5 Å². The Kier molecular flexibility index (Phi) is 5.07. The summed E-state index contributed by atoms with van der Waals surface area (Å²) in [7, 11) is 2.72. The number of benzene rings is 1. The van der Waals surface area contributed by atoms with E-state index in [-0.39, 0.29) is 11.8 Å². The molecule has 3 rings (SSSR count). The molecule has 0 saturated carbocycles. The van der Waals surface area contributed by atoms with Crippen molar-refractivity contribution < 1.29 is 28.8 Å². The number of rotatable bonds is 5. The van der Waals surface area contributed by atoms with E-state index in [1.807, 2.05) is 6.26 Å². The molecule has 2 amide bonds. The van der Waals surface area contributed by atoms with Crippen molar-refractivity contribution in [2.24, 2.45) is 11.8 Å². The van der Waals surface area contributed by atoms with Crippen LogP contribution in [0.2, 0.25) is 0 Å². The van der Waals surface area contributed by atoms with Crippen LogP contribution in [0.25, 0.3) is 0 Å². The molecule has 0 spiro atoms. The van der Waals surface area contributed by atoms with E-state index < -0.39 is 35.2 Å². The Bertz CT molecular complexity index is 758. The van der Waals surface area contributed by atoms with Crippen LogP contribution in [0, 0.1) is 17.7 Å². The molecule has 8 heteroatoms. The van der Waals surface area contributed by atoms with Crippen molar-refractivity contribution in [2.45, 2.75) is 18.0 Å². The molecule has 2 aliphatic heterocycles. The molecule has 0 radical (unpaired) electrons. The lowest BCUT2D eigenvalue weighted by atomic mass is 9.78. The van der Waals surface area contributed by atoms with E-state index in [0.29, 0.717) is 17.7 Å². The molecule has 0 aromatic heterocycles. The number of likely N-dealkylation sites (tertiary alicyclic amines) is 1. The Labute approximate surface area is 155 Å². The summed E-state index contributed by atoms with van der Waals surface area (Å²) in [6, 6.07) is 5.46. The van der Waals surface area contributed by atoms with Crippen molar-refractivity contribution in [3.05, 3.63) is 35.6 Å². The van der Waals surface area contributed by atoms with Crippen LogP contribution in [0.3, 0.4) is 0 Å². The van der Waals surface area contributed by atoms with Crippen LogP contribution in [0.4, 0.5) is 4.39 Å². The smallest absolute Gasteiger partial charge is 0.368 e. The number of fused-ring (bicyclic) bond motifs is 1. The van der Waals surface area contributed by atoms with Gasteiger partial charge < -0.3 is 10.1 Å². The standard InChI is InChI=1S/C18H21FN2O4S/c1-21-15(22)12-13(16(21)23)18(7-8-26-3,17(24)25-2)20-14(12)10-5-4-6-11(19)9-10/h4-6,9,12-14,20H,7-8H2,1-3H3/p+1/t12-,13-,14-,18+/m0/s1. The first-order chi connectivity index (χ1) is 12.4. The molecular formula is C18H22FN2O4S+. The number of methoxy groups -OCH3 is 1. The third-order valence-corrected chi connectivity index (χ3v) is 6.12. The minimum absolute atomic E-state index is 0.333. The van der Waals surface area contributed by atoms with Crippen molar-refractivity contribution in [1.29, 1.82) is 0 Å². The Morgan fingerprint density at radius 2 is 2.12 bits per heavy atom. The normalized spacial score (nSPS) is 30.6. The van der Waals surface area contributed by atoms with Gasteiger partial charge in [0.25, 0.3) is 0 Å². The van der Waals surface area contributed by atoms with E-state index in [2.05, 4.69) is 0 Å². The first-order valence-corrected chi connectivity index (χ1v) is 9.77. The quantitative estimate of drug-likeness (QED) is 0.588. The average molecular weight is 381 g/mol. The Hall–Kier alpha value is -1.93. The van der Waals surface area contributed by atoms with Gasteiger partial charge in [0.2, 0.25) is 17.4 Å². The van der Waals surface area contributed by atoms with Gasteiger partial charge in [-0.1, -0.05) is 12.1 Å². The Morgan fingerprint density at radius 1 is 1.38 bits per heavy atom. The van der Waals surface area contributed by atoms with Crippen LogP contribution < -0.4 is 5.32 Å². The Balaban J connectivity index is 2.13. The van der Waals surface area contributed by atoms with Crippen LogP contribution in [0.1, 0.15) is 18.0 Å². The highest BCUT2D eigenvalue weighted by Crippen LogP contribution is 2.45. The molecular weight excluding hydrogens is 359 g/mol. The van der Waals surface area contributed by atoms with E-state index in [1.54, 1.807) is 29.2 Å². The number of carbonyl (C=O) groups excluding carboxylic acids is 3. The van der Waals surface area contributed by atoms with Gasteiger partial charge in [-0.2, -0.15) is 11.8 Å². The predicted molar refractivity (Wildman–Crippen MR) is 93.6 cm³/mol. The van der Waals surface area contributed by atoms with Gasteiger partial charge in [-0.25, -0.2) is 9.18 Å². The molecule has 1 aromatic rings. The first-order valence-electron chi connectivity index (χ1n) is 8.37. The van der Waals surface area contributed by atoms with Gasteiger partial charge >= 0.3 is 5.97 Å². The van der Waals surface area contributed by atoms with Crippen LogP contribution in [0.5, 0.6) is 0 Å². The van der Waals surface area contributed by atoms with Crippen molar-refractivity contribution in [3.63, 3.8) is 0 Å². The summed E-state index contributed by atoms with van der Waals surface area (Å²) >= 11 is 1.55. The summed E-state index contributed by atoms with van der Waals surface area (Å²) in [6.07, 6.45) is 2.30. The lowest BCUT2D eigenvalue weighted by molar-refractivity contribution is -0.734. The van der Waals surface area contributed by atoms with Crippen LogP contribution >= 0.6 is 11.8 Å². The van der Waals surface area contributed by atoms with Crippen LogP contribution in [0.15, 0.2) is 24.3 Å². The second-order valence-electron chi connectivity index (χ2n) is 6.76. The molecule has 2 aliphatic rings. The van der Waals surface area contributed by atoms with Crippen molar-refractivity contribution in [2.75, 3.05) is 26.2 Å². The summed E-state index contributed by atoms with van der Waals surface area (Å²) in [4.78, 5) is 39.5. The van der Waals surface area contributed by atoms with Crippen molar-refractivity contribution in [1.82, 2.24) is 4.90 Å². The predicted octanol–water partition coefficient (Wildman–Crippen LogP) is 0.340. The van der Waals surface area contributed by atoms with Gasteiger partial charge in [0.15, 0.2) is 0 Å². The summed E-state index contributed by atoms with van der Waals surface area (Å²) in [5.74, 6) is -2.53. The maximum absolute atomic E-state index is 13.8. The van der Waals surface area contributed by atoms with Crippen LogP contribution in [-0.4, -0.2) is 54.4 Å². The molecule has 4 atom stereocenters. The summed E-state index contributed by atoms with van der Waals surface area (Å²) in [5.41, 5.74) is -0.594. The molecule has 0 aliphatic carbocycles. The number of amides is 2. The zero-order chi connectivity index (χ0) is 19.1. The highest BCUT2D eigenvalue weighted by Gasteiger charge is 2.71. The highest BCUT2D eigenvalue weighted by atomic mass is 32.2. The minimum Gasteiger partial charge on any atom is -0.464 e. The molecule has 26 heavy (non-hydrogen) atoms. The number of halogens is 1. The second-order valence-corrected chi connectivity index (χ2v) is 7.75. The fourth-order valence-electron chi connectivity index (χ4n) is 4.28. The maximum Gasteiger partial charge on any atom is 0.368 e. The van der Waals surface area contributed by atoms with Gasteiger partial charge in [0, 0.05) is 19.0 Å². The second kappa shape index (κ2) is 7.00. The average Bonchev–Trinajstić information content (AvgIpc) is 3.10. The summed E-state index contributed by atoms with van der Waals surface area (Å²) < 4.78 is 18.8. The molecule has 2 saturated heterocycles. The molecule has 2 N–H and O–H groups in total. The minimum atomic E-state index is -1.18. The van der Waals surface area contributed by atoms with E-state index in [0.717, 1.165) is 4.90 Å². The molecule has 0 bridgehead atoms. The SMILES string of the molecule is COC(=O)[C@]1(CCSC)[NH2+][C@@H](c2cccc(F)c2)[C@H]2C(=O)N(C)C(=O)[C@H]21. The van der Waals surface area contributed by atoms with Gasteiger partial charge in [-0.15, -0.1) is 0 Å². The van der Waals surface area contributed by atoms with Crippen LogP contribution in [-0.2, 0) is 19.1 Å². The largest absolute Gasteiger partial charge is 0.464 e. The lowest BCUT2D eigenvalue weighted by Gasteiger charge is -2.28. The molecule has 0 unspecified atom stereocenters. The number of esters is 1. The van der Waals surface area contributed by atoms with E-state index >= 15 is 0 Å². The van der Waals surface area contributed by atoms with E-state index in [9.17, 15) is 18.8 Å². The number of nitrogens with two attached hydrogens (primary N) is 1. The molecule has 140 valence electrons. The zero-order valence-corrected chi connectivity index (χ0v) is 15.7. The monoisotopic (exact) mass is 381 g/mol. The van der Waals surface area contributed by atoms with E-state index in [4.69, 9.17) is 4.74 Å². The lowest BCUT2D eigenvalue weighted by Crippen LogP contribution is -2.98. The van der Waals surface area contributed by atoms with Gasteiger partial charge in [0.05, 0.1) is 7.11 Å². The number of thioether (sulfide) groups is 1. The molecule has 2 fully saturated rings. The number of hydrogen-bond acceptors (Lipinski definition) is 5. The maximum atomic E-state index is 13.8. The topological polar surface area (TPSA) is 80.3 Å². The highest BCUT2D eigenvalue weighted by molar-refractivity contribution is 7.98. The van der Waals surface area contributed by atoms with Gasteiger partial charge in [-0.05, 0) is 24.1 Å².